The van der Waals surface area contributed by atoms with E-state index < -0.39 is 16.2 Å². The molecule has 7 heteroatoms. The van der Waals surface area contributed by atoms with Crippen LogP contribution in [-0.2, 0) is 13.0 Å². The van der Waals surface area contributed by atoms with E-state index >= 15 is 0 Å². The number of nitro groups is 1. The van der Waals surface area contributed by atoms with Gasteiger partial charge in [-0.25, -0.2) is 4.98 Å². The van der Waals surface area contributed by atoms with Gasteiger partial charge in [-0.1, -0.05) is 26.0 Å². The lowest BCUT2D eigenvalue weighted by atomic mass is 10.0. The third-order valence-corrected chi connectivity index (χ3v) is 4.80. The minimum absolute atomic E-state index is 0.237. The van der Waals surface area contributed by atoms with Crippen LogP contribution in [0.25, 0.3) is 10.2 Å². The zero-order valence-electron chi connectivity index (χ0n) is 13.4. The van der Waals surface area contributed by atoms with Crippen LogP contribution in [0, 0.1) is 16.0 Å². The molecule has 1 aromatic carbocycles. The molecule has 0 atom stereocenters. The average molecular weight is 343 g/mol. The number of aromatic nitrogens is 2. The Morgan fingerprint density at radius 3 is 2.79 bits per heavy atom. The van der Waals surface area contributed by atoms with E-state index in [-0.39, 0.29) is 6.54 Å². The van der Waals surface area contributed by atoms with Gasteiger partial charge in [0.2, 0.25) is 0 Å². The van der Waals surface area contributed by atoms with E-state index in [2.05, 4.69) is 24.9 Å². The van der Waals surface area contributed by atoms with Crippen LogP contribution in [0.5, 0.6) is 0 Å². The number of benzene rings is 1. The molecule has 24 heavy (non-hydrogen) atoms. The summed E-state index contributed by atoms with van der Waals surface area (Å²) in [5, 5.41) is 11.7. The molecular weight excluding hydrogens is 326 g/mol. The Labute approximate surface area is 142 Å². The van der Waals surface area contributed by atoms with Crippen LogP contribution in [0.2, 0.25) is 0 Å². The zero-order valence-corrected chi connectivity index (χ0v) is 14.2. The summed E-state index contributed by atoms with van der Waals surface area (Å²) in [6, 6.07) is 8.78. The summed E-state index contributed by atoms with van der Waals surface area (Å²) in [5.74, 6) is 0.542. The van der Waals surface area contributed by atoms with Crippen LogP contribution in [0.4, 0.5) is 5.69 Å². The van der Waals surface area contributed by atoms with E-state index in [1.54, 1.807) is 17.5 Å². The topological polar surface area (TPSA) is 78.0 Å². The predicted octanol–water partition coefficient (Wildman–Crippen LogP) is 3.61. The summed E-state index contributed by atoms with van der Waals surface area (Å²) >= 11 is 1.54. The smallest absolute Gasteiger partial charge is 0.303 e. The second kappa shape index (κ2) is 6.52. The molecule has 0 spiro atoms. The molecule has 0 radical (unpaired) electrons. The maximum atomic E-state index is 12.1. The van der Waals surface area contributed by atoms with Crippen molar-refractivity contribution in [2.45, 2.75) is 26.8 Å². The van der Waals surface area contributed by atoms with Crippen molar-refractivity contribution in [1.29, 1.82) is 0 Å². The molecule has 0 aliphatic heterocycles. The number of thiazole rings is 1. The highest BCUT2D eigenvalue weighted by atomic mass is 32.1. The van der Waals surface area contributed by atoms with Crippen LogP contribution in [0.1, 0.15) is 24.4 Å². The lowest BCUT2D eigenvalue weighted by Gasteiger charge is -2.05. The standard InChI is InChI=1S/C17H17N3O3S/c1-11(2)9-12-5-3-6-13-16(12)24-15(18-13)10-19-8-4-7-14(17(19)21)20(22)23/h3-8,11H,9-10H2,1-2H3. The fourth-order valence-electron chi connectivity index (χ4n) is 2.65. The second-order valence-electron chi connectivity index (χ2n) is 6.05. The van der Waals surface area contributed by atoms with Gasteiger partial charge in [-0.3, -0.25) is 14.9 Å². The largest absolute Gasteiger partial charge is 0.334 e. The second-order valence-corrected chi connectivity index (χ2v) is 7.14. The predicted molar refractivity (Wildman–Crippen MR) is 94.6 cm³/mol. The molecule has 0 saturated heterocycles. The summed E-state index contributed by atoms with van der Waals surface area (Å²) < 4.78 is 2.46. The highest BCUT2D eigenvalue weighted by Crippen LogP contribution is 2.28. The Balaban J connectivity index is 1.98. The van der Waals surface area contributed by atoms with Crippen molar-refractivity contribution in [3.8, 4) is 0 Å². The summed E-state index contributed by atoms with van der Waals surface area (Å²) in [5.41, 5.74) is 1.13. The molecule has 0 fully saturated rings. The molecule has 0 aliphatic carbocycles. The van der Waals surface area contributed by atoms with Crippen molar-refractivity contribution >= 4 is 27.2 Å². The van der Waals surface area contributed by atoms with Crippen LogP contribution >= 0.6 is 11.3 Å². The van der Waals surface area contributed by atoms with Crippen molar-refractivity contribution in [2.24, 2.45) is 5.92 Å². The maximum Gasteiger partial charge on any atom is 0.334 e. The Kier molecular flexibility index (Phi) is 4.44. The summed E-state index contributed by atoms with van der Waals surface area (Å²) in [4.78, 5) is 27.0. The monoisotopic (exact) mass is 343 g/mol. The quantitative estimate of drug-likeness (QED) is 0.524. The van der Waals surface area contributed by atoms with Crippen molar-refractivity contribution in [2.75, 3.05) is 0 Å². The average Bonchev–Trinajstić information content (AvgIpc) is 2.92. The van der Waals surface area contributed by atoms with E-state index in [1.165, 1.54) is 22.3 Å². The Morgan fingerprint density at radius 1 is 1.29 bits per heavy atom. The highest BCUT2D eigenvalue weighted by Gasteiger charge is 2.15. The van der Waals surface area contributed by atoms with Gasteiger partial charge in [0, 0.05) is 12.3 Å². The molecule has 0 amide bonds. The van der Waals surface area contributed by atoms with Crippen LogP contribution in [0.15, 0.2) is 41.3 Å². The number of rotatable bonds is 5. The molecule has 3 aromatic rings. The normalized spacial score (nSPS) is 11.3. The van der Waals surface area contributed by atoms with Gasteiger partial charge in [0.25, 0.3) is 0 Å². The molecule has 124 valence electrons. The number of fused-ring (bicyclic) bond motifs is 1. The third kappa shape index (κ3) is 3.21. The lowest BCUT2D eigenvalue weighted by Crippen LogP contribution is -2.22. The SMILES string of the molecule is CC(C)Cc1cccc2nc(Cn3cccc([N+](=O)[O-])c3=O)sc12. The van der Waals surface area contributed by atoms with Gasteiger partial charge in [-0.15, -0.1) is 11.3 Å². The molecule has 6 nitrogen and oxygen atoms in total. The van der Waals surface area contributed by atoms with Crippen molar-refractivity contribution < 1.29 is 4.92 Å². The van der Waals surface area contributed by atoms with Gasteiger partial charge in [-0.05, 0) is 30.0 Å². The van der Waals surface area contributed by atoms with E-state index in [4.69, 9.17) is 0 Å². The van der Waals surface area contributed by atoms with E-state index in [1.807, 2.05) is 12.1 Å². The Bertz CT molecular complexity index is 959. The lowest BCUT2D eigenvalue weighted by molar-refractivity contribution is -0.386. The van der Waals surface area contributed by atoms with Gasteiger partial charge >= 0.3 is 11.2 Å². The van der Waals surface area contributed by atoms with Crippen LogP contribution in [0.3, 0.4) is 0 Å². The fourth-order valence-corrected chi connectivity index (χ4v) is 3.74. The van der Waals surface area contributed by atoms with Crippen LogP contribution < -0.4 is 5.56 Å². The van der Waals surface area contributed by atoms with Crippen molar-refractivity contribution in [3.63, 3.8) is 0 Å². The first kappa shape index (κ1) is 16.3. The van der Waals surface area contributed by atoms with Gasteiger partial charge < -0.3 is 4.57 Å². The first-order chi connectivity index (χ1) is 11.5. The Hall–Kier alpha value is -2.54. The first-order valence-electron chi connectivity index (χ1n) is 7.67. The van der Waals surface area contributed by atoms with E-state index in [0.29, 0.717) is 5.92 Å². The minimum atomic E-state index is -0.655. The molecule has 0 N–H and O–H groups in total. The molecule has 0 bridgehead atoms. The Morgan fingerprint density at radius 2 is 2.08 bits per heavy atom. The summed E-state index contributed by atoms with van der Waals surface area (Å²) in [6.07, 6.45) is 2.52. The molecule has 2 heterocycles. The van der Waals surface area contributed by atoms with Gasteiger partial charge in [-0.2, -0.15) is 0 Å². The number of hydrogen-bond donors (Lipinski definition) is 0. The van der Waals surface area contributed by atoms with E-state index in [9.17, 15) is 14.9 Å². The number of hydrogen-bond acceptors (Lipinski definition) is 5. The minimum Gasteiger partial charge on any atom is -0.303 e. The summed E-state index contributed by atoms with van der Waals surface area (Å²) in [7, 11) is 0. The fraction of sp³-hybridized carbons (Fsp3) is 0.294. The molecule has 0 aliphatic rings. The zero-order chi connectivity index (χ0) is 17.3. The van der Waals surface area contributed by atoms with Crippen molar-refractivity contribution in [3.05, 3.63) is 67.6 Å². The molecule has 0 saturated carbocycles. The number of nitrogens with zero attached hydrogens (tertiary/aromatic N) is 3. The summed E-state index contributed by atoms with van der Waals surface area (Å²) in [6.45, 7) is 4.58. The maximum absolute atomic E-state index is 12.1. The number of pyridine rings is 1. The molecule has 2 aromatic heterocycles. The van der Waals surface area contributed by atoms with Gasteiger partial charge in [0.1, 0.15) is 5.01 Å². The van der Waals surface area contributed by atoms with E-state index in [0.717, 1.165) is 21.6 Å². The molecule has 3 rings (SSSR count). The van der Waals surface area contributed by atoms with Crippen LogP contribution in [-0.4, -0.2) is 14.5 Å². The highest BCUT2D eigenvalue weighted by molar-refractivity contribution is 7.18. The molecule has 0 unspecified atom stereocenters. The third-order valence-electron chi connectivity index (χ3n) is 3.67. The molecular formula is C17H17N3O3S. The first-order valence-corrected chi connectivity index (χ1v) is 8.48. The van der Waals surface area contributed by atoms with Gasteiger partial charge in [0.15, 0.2) is 0 Å². The van der Waals surface area contributed by atoms with Crippen molar-refractivity contribution in [1.82, 2.24) is 9.55 Å². The van der Waals surface area contributed by atoms with Gasteiger partial charge in [0.05, 0.1) is 21.7 Å².